The van der Waals surface area contributed by atoms with Crippen molar-refractivity contribution in [3.63, 3.8) is 0 Å². The first-order chi connectivity index (χ1) is 7.30. The minimum Gasteiger partial charge on any atom is -0.395 e. The van der Waals surface area contributed by atoms with Crippen LogP contribution in [0.3, 0.4) is 0 Å². The standard InChI is InChI=1S/C8H14N2O4S2/c1-5(4-11)10(3)16(13,14)7-6(2)9-8(12)15-7/h5,11H,4H2,1-3H3,(H,9,12). The van der Waals surface area contributed by atoms with Crippen LogP contribution in [0.5, 0.6) is 0 Å². The van der Waals surface area contributed by atoms with E-state index in [9.17, 15) is 13.2 Å². The minimum atomic E-state index is -3.70. The summed E-state index contributed by atoms with van der Waals surface area (Å²) in [6, 6.07) is -0.526. The molecule has 0 saturated heterocycles. The molecule has 1 aromatic rings. The van der Waals surface area contributed by atoms with Crippen LogP contribution in [0.4, 0.5) is 0 Å². The van der Waals surface area contributed by atoms with E-state index in [1.165, 1.54) is 14.0 Å². The Morgan fingerprint density at radius 1 is 1.56 bits per heavy atom. The summed E-state index contributed by atoms with van der Waals surface area (Å²) in [6.45, 7) is 2.85. The lowest BCUT2D eigenvalue weighted by Crippen LogP contribution is -2.37. The molecule has 1 rings (SSSR count). The smallest absolute Gasteiger partial charge is 0.305 e. The second-order valence-electron chi connectivity index (χ2n) is 3.48. The maximum absolute atomic E-state index is 12.0. The van der Waals surface area contributed by atoms with E-state index in [4.69, 9.17) is 5.11 Å². The van der Waals surface area contributed by atoms with Gasteiger partial charge in [-0.2, -0.15) is 4.31 Å². The fourth-order valence-electron chi connectivity index (χ4n) is 1.12. The number of hydrogen-bond acceptors (Lipinski definition) is 5. The van der Waals surface area contributed by atoms with Gasteiger partial charge in [-0.25, -0.2) is 8.42 Å². The molecule has 0 saturated carbocycles. The van der Waals surface area contributed by atoms with Crippen molar-refractivity contribution < 1.29 is 13.5 Å². The molecule has 0 amide bonds. The molecule has 0 spiro atoms. The molecule has 0 aliphatic rings. The van der Waals surface area contributed by atoms with Gasteiger partial charge in [0.15, 0.2) is 4.21 Å². The number of aromatic nitrogens is 1. The highest BCUT2D eigenvalue weighted by Crippen LogP contribution is 2.21. The average Bonchev–Trinajstić information content (AvgIpc) is 2.56. The molecular formula is C8H14N2O4S2. The molecule has 1 aromatic heterocycles. The third-order valence-electron chi connectivity index (χ3n) is 2.28. The van der Waals surface area contributed by atoms with Crippen LogP contribution in [0.15, 0.2) is 9.00 Å². The highest BCUT2D eigenvalue weighted by Gasteiger charge is 2.28. The highest BCUT2D eigenvalue weighted by atomic mass is 32.2. The Bertz CT molecular complexity index is 516. The number of aliphatic hydroxyl groups is 1. The first-order valence-corrected chi connectivity index (χ1v) is 6.85. The summed E-state index contributed by atoms with van der Waals surface area (Å²) in [5, 5.41) is 8.92. The zero-order valence-electron chi connectivity index (χ0n) is 9.22. The van der Waals surface area contributed by atoms with E-state index < -0.39 is 20.9 Å². The molecule has 16 heavy (non-hydrogen) atoms. The van der Waals surface area contributed by atoms with Gasteiger partial charge in [0.05, 0.1) is 6.61 Å². The topological polar surface area (TPSA) is 90.5 Å². The largest absolute Gasteiger partial charge is 0.395 e. The molecule has 0 radical (unpaired) electrons. The zero-order chi connectivity index (χ0) is 12.5. The Kier molecular flexibility index (Phi) is 3.89. The number of nitrogens with one attached hydrogen (secondary N) is 1. The first kappa shape index (κ1) is 13.4. The van der Waals surface area contributed by atoms with Gasteiger partial charge >= 0.3 is 4.87 Å². The summed E-state index contributed by atoms with van der Waals surface area (Å²) in [5.74, 6) is 0. The van der Waals surface area contributed by atoms with Crippen LogP contribution in [0.2, 0.25) is 0 Å². The lowest BCUT2D eigenvalue weighted by molar-refractivity contribution is 0.214. The van der Waals surface area contributed by atoms with Gasteiger partial charge in [-0.1, -0.05) is 11.3 Å². The Hall–Kier alpha value is -0.700. The maximum Gasteiger partial charge on any atom is 0.305 e. The number of aliphatic hydroxyl groups excluding tert-OH is 1. The summed E-state index contributed by atoms with van der Waals surface area (Å²) < 4.78 is 25.1. The van der Waals surface area contributed by atoms with E-state index in [1.807, 2.05) is 0 Å². The molecule has 1 atom stereocenters. The van der Waals surface area contributed by atoms with Crippen molar-refractivity contribution in [3.05, 3.63) is 15.4 Å². The van der Waals surface area contributed by atoms with Crippen LogP contribution in [-0.4, -0.2) is 42.5 Å². The quantitative estimate of drug-likeness (QED) is 0.786. The summed E-state index contributed by atoms with van der Waals surface area (Å²) >= 11 is 0.655. The number of nitrogens with zero attached hydrogens (tertiary/aromatic N) is 1. The summed E-state index contributed by atoms with van der Waals surface area (Å²) in [6.07, 6.45) is 0. The van der Waals surface area contributed by atoms with Crippen molar-refractivity contribution in [1.29, 1.82) is 0 Å². The maximum atomic E-state index is 12.0. The molecule has 0 aromatic carbocycles. The fourth-order valence-corrected chi connectivity index (χ4v) is 3.94. The van der Waals surface area contributed by atoms with Crippen molar-refractivity contribution in [2.24, 2.45) is 0 Å². The third kappa shape index (κ3) is 2.34. The molecule has 1 heterocycles. The summed E-state index contributed by atoms with van der Waals surface area (Å²) in [5.41, 5.74) is 0.326. The molecule has 1 unspecified atom stereocenters. The van der Waals surface area contributed by atoms with Crippen LogP contribution >= 0.6 is 11.3 Å². The average molecular weight is 266 g/mol. The van der Waals surface area contributed by atoms with E-state index >= 15 is 0 Å². The monoisotopic (exact) mass is 266 g/mol. The lowest BCUT2D eigenvalue weighted by atomic mass is 10.4. The van der Waals surface area contributed by atoms with Crippen molar-refractivity contribution in [2.45, 2.75) is 24.1 Å². The van der Waals surface area contributed by atoms with Crippen molar-refractivity contribution in [2.75, 3.05) is 13.7 Å². The summed E-state index contributed by atoms with van der Waals surface area (Å²) in [7, 11) is -2.32. The van der Waals surface area contributed by atoms with E-state index in [2.05, 4.69) is 4.98 Å². The molecule has 92 valence electrons. The van der Waals surface area contributed by atoms with Gasteiger partial charge in [-0.05, 0) is 13.8 Å². The Morgan fingerprint density at radius 2 is 2.12 bits per heavy atom. The number of hydrogen-bond donors (Lipinski definition) is 2. The van der Waals surface area contributed by atoms with Gasteiger partial charge in [0.2, 0.25) is 0 Å². The second kappa shape index (κ2) is 4.66. The van der Waals surface area contributed by atoms with E-state index in [0.29, 0.717) is 17.0 Å². The van der Waals surface area contributed by atoms with Gasteiger partial charge in [0.25, 0.3) is 10.0 Å². The number of rotatable bonds is 4. The Balaban J connectivity index is 3.22. The van der Waals surface area contributed by atoms with Crippen LogP contribution in [-0.2, 0) is 10.0 Å². The predicted octanol–water partition coefficient (Wildman–Crippen LogP) is -0.254. The molecule has 0 fully saturated rings. The molecule has 0 bridgehead atoms. The summed E-state index contributed by atoms with van der Waals surface area (Å²) in [4.78, 5) is 13.1. The van der Waals surface area contributed by atoms with E-state index in [0.717, 1.165) is 4.31 Å². The first-order valence-electron chi connectivity index (χ1n) is 4.59. The van der Waals surface area contributed by atoms with Crippen LogP contribution < -0.4 is 4.87 Å². The van der Waals surface area contributed by atoms with Gasteiger partial charge in [0.1, 0.15) is 0 Å². The fraction of sp³-hybridized carbons (Fsp3) is 0.625. The van der Waals surface area contributed by atoms with Crippen LogP contribution in [0, 0.1) is 6.92 Å². The van der Waals surface area contributed by atoms with E-state index in [1.54, 1.807) is 6.92 Å². The Labute approximate surface area is 97.6 Å². The predicted molar refractivity (Wildman–Crippen MR) is 61.2 cm³/mol. The normalized spacial score (nSPS) is 14.3. The van der Waals surface area contributed by atoms with Gasteiger partial charge < -0.3 is 10.1 Å². The number of H-pyrrole nitrogens is 1. The minimum absolute atomic E-state index is 0.000278. The SMILES string of the molecule is Cc1[nH]c(=O)sc1S(=O)(=O)N(C)C(C)CO. The zero-order valence-corrected chi connectivity index (χ0v) is 10.9. The highest BCUT2D eigenvalue weighted by molar-refractivity contribution is 7.91. The van der Waals surface area contributed by atoms with Crippen molar-refractivity contribution in [3.8, 4) is 0 Å². The molecule has 0 aliphatic heterocycles. The second-order valence-corrected chi connectivity index (χ2v) is 6.66. The third-order valence-corrected chi connectivity index (χ3v) is 5.83. The van der Waals surface area contributed by atoms with E-state index in [-0.39, 0.29) is 10.8 Å². The molecular weight excluding hydrogens is 252 g/mol. The van der Waals surface area contributed by atoms with Crippen molar-refractivity contribution >= 4 is 21.4 Å². The molecule has 8 heteroatoms. The number of likely N-dealkylation sites (N-methyl/N-ethyl adjacent to an activating group) is 1. The van der Waals surface area contributed by atoms with Crippen molar-refractivity contribution in [1.82, 2.24) is 9.29 Å². The number of sulfonamides is 1. The molecule has 2 N–H and O–H groups in total. The Morgan fingerprint density at radius 3 is 2.50 bits per heavy atom. The van der Waals surface area contributed by atoms with Gasteiger partial charge in [-0.3, -0.25) is 4.79 Å². The lowest BCUT2D eigenvalue weighted by Gasteiger charge is -2.21. The number of aryl methyl sites for hydroxylation is 1. The van der Waals surface area contributed by atoms with Crippen LogP contribution in [0.1, 0.15) is 12.6 Å². The molecule has 0 aliphatic carbocycles. The van der Waals surface area contributed by atoms with Gasteiger partial charge in [-0.15, -0.1) is 0 Å². The number of thiazole rings is 1. The van der Waals surface area contributed by atoms with Gasteiger partial charge in [0, 0.05) is 18.8 Å². The molecule has 6 nitrogen and oxygen atoms in total. The number of aromatic amines is 1. The van der Waals surface area contributed by atoms with Crippen LogP contribution in [0.25, 0.3) is 0 Å².